The third kappa shape index (κ3) is 3.99. The lowest BCUT2D eigenvalue weighted by Gasteiger charge is -2.06. The highest BCUT2D eigenvalue weighted by atomic mass is 35.5. The minimum atomic E-state index is -0.393. The zero-order chi connectivity index (χ0) is 14.5. The van der Waals surface area contributed by atoms with Gasteiger partial charge in [-0.2, -0.15) is 0 Å². The maximum atomic E-state index is 11.7. The second kappa shape index (κ2) is 7.13. The standard InChI is InChI=1S/C13H9Cl2NO2S2/c14-8-3-1-4-9(15)12(8)20-7-11(17)16-13(18)10-5-2-6-19-10/h1-6H,7H2,(H,16,17,18). The molecule has 0 unspecified atom stereocenters. The molecule has 2 rings (SSSR count). The maximum absolute atomic E-state index is 11.7. The number of thioether (sulfide) groups is 1. The summed E-state index contributed by atoms with van der Waals surface area (Å²) >= 11 is 14.5. The first-order valence-electron chi connectivity index (χ1n) is 5.52. The van der Waals surface area contributed by atoms with Gasteiger partial charge in [0, 0.05) is 4.90 Å². The molecule has 1 N–H and O–H groups in total. The van der Waals surface area contributed by atoms with Gasteiger partial charge >= 0.3 is 0 Å². The van der Waals surface area contributed by atoms with Crippen LogP contribution in [0.25, 0.3) is 0 Å². The van der Waals surface area contributed by atoms with Crippen molar-refractivity contribution in [2.45, 2.75) is 4.90 Å². The minimum Gasteiger partial charge on any atom is -0.291 e. The van der Waals surface area contributed by atoms with Crippen LogP contribution in [0.3, 0.4) is 0 Å². The molecule has 0 spiro atoms. The molecule has 0 atom stereocenters. The normalized spacial score (nSPS) is 10.3. The topological polar surface area (TPSA) is 46.2 Å². The molecule has 2 aromatic rings. The number of halogens is 2. The van der Waals surface area contributed by atoms with Gasteiger partial charge in [0.1, 0.15) is 0 Å². The van der Waals surface area contributed by atoms with Gasteiger partial charge in [-0.05, 0) is 23.6 Å². The van der Waals surface area contributed by atoms with E-state index < -0.39 is 5.91 Å². The molecule has 0 aliphatic carbocycles. The van der Waals surface area contributed by atoms with E-state index in [0.717, 1.165) is 0 Å². The summed E-state index contributed by atoms with van der Waals surface area (Å²) in [6, 6.07) is 8.54. The summed E-state index contributed by atoms with van der Waals surface area (Å²) < 4.78 is 0. The summed E-state index contributed by atoms with van der Waals surface area (Å²) in [5, 5.41) is 5.06. The van der Waals surface area contributed by atoms with Gasteiger partial charge in [0.15, 0.2) is 0 Å². The van der Waals surface area contributed by atoms with E-state index in [1.165, 1.54) is 23.1 Å². The van der Waals surface area contributed by atoms with Crippen molar-refractivity contribution in [3.63, 3.8) is 0 Å². The van der Waals surface area contributed by atoms with Gasteiger partial charge in [-0.25, -0.2) is 0 Å². The molecular weight excluding hydrogens is 337 g/mol. The van der Waals surface area contributed by atoms with Gasteiger partial charge in [-0.1, -0.05) is 35.3 Å². The quantitative estimate of drug-likeness (QED) is 0.848. The minimum absolute atomic E-state index is 0.0700. The monoisotopic (exact) mass is 345 g/mol. The Labute approximate surface area is 134 Å². The lowest BCUT2D eigenvalue weighted by atomic mass is 10.4. The number of thiophene rings is 1. The smallest absolute Gasteiger partial charge is 0.267 e. The van der Waals surface area contributed by atoms with Crippen LogP contribution in [-0.2, 0) is 4.79 Å². The van der Waals surface area contributed by atoms with E-state index in [9.17, 15) is 9.59 Å². The van der Waals surface area contributed by atoms with E-state index in [0.29, 0.717) is 19.8 Å². The Balaban J connectivity index is 1.91. The first-order chi connectivity index (χ1) is 9.58. The number of rotatable bonds is 4. The molecule has 1 aromatic heterocycles. The molecule has 0 saturated heterocycles. The average Bonchev–Trinajstić information content (AvgIpc) is 2.92. The van der Waals surface area contributed by atoms with Gasteiger partial charge < -0.3 is 0 Å². The fourth-order valence-electron chi connectivity index (χ4n) is 1.39. The highest BCUT2D eigenvalue weighted by Crippen LogP contribution is 2.33. The summed E-state index contributed by atoms with van der Waals surface area (Å²) in [6.07, 6.45) is 0. The van der Waals surface area contributed by atoms with Crippen LogP contribution in [-0.4, -0.2) is 17.6 Å². The molecule has 0 bridgehead atoms. The number of nitrogens with one attached hydrogen (secondary N) is 1. The molecule has 1 aromatic carbocycles. The summed E-state index contributed by atoms with van der Waals surface area (Å²) in [5.41, 5.74) is 0. The molecule has 3 nitrogen and oxygen atoms in total. The molecule has 0 aliphatic heterocycles. The predicted octanol–water partition coefficient (Wildman–Crippen LogP) is 4.10. The highest BCUT2D eigenvalue weighted by molar-refractivity contribution is 8.00. The van der Waals surface area contributed by atoms with Gasteiger partial charge in [-0.15, -0.1) is 23.1 Å². The van der Waals surface area contributed by atoms with Crippen molar-refractivity contribution in [3.05, 3.63) is 50.6 Å². The number of imide groups is 1. The van der Waals surface area contributed by atoms with Gasteiger partial charge in [-0.3, -0.25) is 14.9 Å². The first kappa shape index (κ1) is 15.4. The molecule has 1 heterocycles. The predicted molar refractivity (Wildman–Crippen MR) is 84.0 cm³/mol. The Morgan fingerprint density at radius 2 is 1.85 bits per heavy atom. The van der Waals surface area contributed by atoms with Crippen LogP contribution in [0, 0.1) is 0 Å². The zero-order valence-electron chi connectivity index (χ0n) is 10.1. The second-order valence-electron chi connectivity index (χ2n) is 3.69. The summed E-state index contributed by atoms with van der Waals surface area (Å²) in [6.45, 7) is 0. The van der Waals surface area contributed by atoms with Crippen molar-refractivity contribution in [2.75, 3.05) is 5.75 Å². The van der Waals surface area contributed by atoms with Crippen molar-refractivity contribution >= 4 is 58.1 Å². The van der Waals surface area contributed by atoms with Crippen LogP contribution < -0.4 is 5.32 Å². The zero-order valence-corrected chi connectivity index (χ0v) is 13.2. The van der Waals surface area contributed by atoms with Gasteiger partial charge in [0.2, 0.25) is 5.91 Å². The Hall–Kier alpha value is -1.01. The SMILES string of the molecule is O=C(CSc1c(Cl)cccc1Cl)NC(=O)c1cccs1. The molecule has 2 amide bonds. The van der Waals surface area contributed by atoms with Crippen molar-refractivity contribution in [3.8, 4) is 0 Å². The van der Waals surface area contributed by atoms with E-state index in [2.05, 4.69) is 5.32 Å². The number of benzene rings is 1. The number of hydrogen-bond acceptors (Lipinski definition) is 4. The Morgan fingerprint density at radius 3 is 2.45 bits per heavy atom. The Bertz CT molecular complexity index is 609. The van der Waals surface area contributed by atoms with E-state index >= 15 is 0 Å². The molecule has 7 heteroatoms. The maximum Gasteiger partial charge on any atom is 0.267 e. The van der Waals surface area contributed by atoms with Crippen LogP contribution in [0.2, 0.25) is 10.0 Å². The summed E-state index contributed by atoms with van der Waals surface area (Å²) in [5.74, 6) is -0.708. The van der Waals surface area contributed by atoms with Crippen LogP contribution in [0.15, 0.2) is 40.6 Å². The average molecular weight is 346 g/mol. The fraction of sp³-hybridized carbons (Fsp3) is 0.0769. The Kier molecular flexibility index (Phi) is 5.48. The lowest BCUT2D eigenvalue weighted by molar-refractivity contribution is -0.117. The second-order valence-corrected chi connectivity index (χ2v) is 6.44. The third-order valence-electron chi connectivity index (χ3n) is 2.26. The highest BCUT2D eigenvalue weighted by Gasteiger charge is 2.13. The number of carbonyl (C=O) groups excluding carboxylic acids is 2. The molecular formula is C13H9Cl2NO2S2. The van der Waals surface area contributed by atoms with Crippen LogP contribution >= 0.6 is 46.3 Å². The van der Waals surface area contributed by atoms with Crippen LogP contribution in [0.5, 0.6) is 0 Å². The number of amides is 2. The van der Waals surface area contributed by atoms with E-state index in [-0.39, 0.29) is 11.7 Å². The number of carbonyl (C=O) groups is 2. The van der Waals surface area contributed by atoms with Crippen molar-refractivity contribution in [1.82, 2.24) is 5.32 Å². The Morgan fingerprint density at radius 1 is 1.15 bits per heavy atom. The molecule has 104 valence electrons. The third-order valence-corrected chi connectivity index (χ3v) is 5.12. The van der Waals surface area contributed by atoms with Crippen LogP contribution in [0.1, 0.15) is 9.67 Å². The van der Waals surface area contributed by atoms with Crippen molar-refractivity contribution < 1.29 is 9.59 Å². The van der Waals surface area contributed by atoms with Gasteiger partial charge in [0.25, 0.3) is 5.91 Å². The summed E-state index contributed by atoms with van der Waals surface area (Å²) in [7, 11) is 0. The molecule has 20 heavy (non-hydrogen) atoms. The largest absolute Gasteiger partial charge is 0.291 e. The van der Waals surface area contributed by atoms with Crippen molar-refractivity contribution in [2.24, 2.45) is 0 Å². The molecule has 0 fully saturated rings. The van der Waals surface area contributed by atoms with E-state index in [1.807, 2.05) is 0 Å². The number of hydrogen-bond donors (Lipinski definition) is 1. The summed E-state index contributed by atoms with van der Waals surface area (Å²) in [4.78, 5) is 24.5. The molecule has 0 aliphatic rings. The van der Waals surface area contributed by atoms with Crippen molar-refractivity contribution in [1.29, 1.82) is 0 Å². The van der Waals surface area contributed by atoms with Crippen LogP contribution in [0.4, 0.5) is 0 Å². The van der Waals surface area contributed by atoms with E-state index in [1.54, 1.807) is 35.7 Å². The fourth-order valence-corrected chi connectivity index (χ4v) is 3.49. The lowest BCUT2D eigenvalue weighted by Crippen LogP contribution is -2.31. The molecule has 0 saturated carbocycles. The van der Waals surface area contributed by atoms with E-state index in [4.69, 9.17) is 23.2 Å². The molecule has 0 radical (unpaired) electrons. The first-order valence-corrected chi connectivity index (χ1v) is 8.14. The van der Waals surface area contributed by atoms with Gasteiger partial charge in [0.05, 0.1) is 20.7 Å².